The topological polar surface area (TPSA) is 80.6 Å². The summed E-state index contributed by atoms with van der Waals surface area (Å²) in [4.78, 5) is 24.9. The number of furan rings is 1. The summed E-state index contributed by atoms with van der Waals surface area (Å²) in [6.07, 6.45) is 1.55. The van der Waals surface area contributed by atoms with Gasteiger partial charge in [-0.05, 0) is 50.2 Å². The van der Waals surface area contributed by atoms with E-state index in [4.69, 9.17) is 9.15 Å². The highest BCUT2D eigenvalue weighted by Crippen LogP contribution is 2.21. The molecule has 25 heavy (non-hydrogen) atoms. The maximum atomic E-state index is 12.0. The van der Waals surface area contributed by atoms with Crippen LogP contribution in [0.2, 0.25) is 0 Å². The molecule has 1 aromatic heterocycles. The fraction of sp³-hybridized carbons (Fsp3) is 0.333. The van der Waals surface area contributed by atoms with Crippen LogP contribution >= 0.6 is 11.8 Å². The summed E-state index contributed by atoms with van der Waals surface area (Å²) in [6.45, 7) is 4.50. The Morgan fingerprint density at radius 3 is 2.64 bits per heavy atom. The van der Waals surface area contributed by atoms with Crippen LogP contribution in [0.3, 0.4) is 0 Å². The Hall–Kier alpha value is -2.41. The van der Waals surface area contributed by atoms with Crippen molar-refractivity contribution in [1.29, 1.82) is 0 Å². The van der Waals surface area contributed by atoms with E-state index in [-0.39, 0.29) is 17.6 Å². The molecular weight excluding hydrogens is 340 g/mol. The van der Waals surface area contributed by atoms with Gasteiger partial charge in [0.15, 0.2) is 0 Å². The van der Waals surface area contributed by atoms with Crippen molar-refractivity contribution in [3.63, 3.8) is 0 Å². The zero-order valence-corrected chi connectivity index (χ0v) is 15.1. The van der Waals surface area contributed by atoms with E-state index < -0.39 is 6.04 Å². The molecule has 2 aromatic rings. The number of hydrogen-bond acceptors (Lipinski definition) is 5. The normalized spacial score (nSPS) is 11.6. The van der Waals surface area contributed by atoms with E-state index in [0.29, 0.717) is 18.9 Å². The number of hydrogen-bond donors (Lipinski definition) is 2. The third-order valence-corrected chi connectivity index (χ3v) is 4.30. The van der Waals surface area contributed by atoms with Gasteiger partial charge in [-0.15, -0.1) is 11.8 Å². The molecule has 6 nitrogen and oxygen atoms in total. The lowest BCUT2D eigenvalue weighted by molar-refractivity contribution is -0.127. The van der Waals surface area contributed by atoms with Crippen LogP contribution in [0.15, 0.2) is 52.0 Å². The monoisotopic (exact) mass is 362 g/mol. The molecular formula is C18H22N2O4S. The van der Waals surface area contributed by atoms with Crippen molar-refractivity contribution in [3.05, 3.63) is 48.4 Å². The fourth-order valence-corrected chi connectivity index (χ4v) is 2.75. The van der Waals surface area contributed by atoms with Crippen molar-refractivity contribution >= 4 is 23.6 Å². The highest BCUT2D eigenvalue weighted by molar-refractivity contribution is 8.00. The van der Waals surface area contributed by atoms with E-state index in [2.05, 4.69) is 10.6 Å². The quantitative estimate of drug-likeness (QED) is 0.670. The van der Waals surface area contributed by atoms with E-state index in [9.17, 15) is 9.59 Å². The van der Waals surface area contributed by atoms with E-state index in [1.165, 1.54) is 11.8 Å². The first-order chi connectivity index (χ1) is 12.1. The van der Waals surface area contributed by atoms with Gasteiger partial charge >= 0.3 is 0 Å². The number of nitrogens with one attached hydrogen (secondary N) is 2. The maximum absolute atomic E-state index is 12.0. The molecule has 1 heterocycles. The van der Waals surface area contributed by atoms with E-state index in [1.54, 1.807) is 25.3 Å². The van der Waals surface area contributed by atoms with Crippen LogP contribution in [-0.2, 0) is 16.1 Å². The van der Waals surface area contributed by atoms with Gasteiger partial charge in [-0.2, -0.15) is 0 Å². The van der Waals surface area contributed by atoms with Crippen molar-refractivity contribution < 1.29 is 18.7 Å². The molecule has 0 fully saturated rings. The predicted molar refractivity (Wildman–Crippen MR) is 96.5 cm³/mol. The zero-order valence-electron chi connectivity index (χ0n) is 14.3. The average molecular weight is 362 g/mol. The molecule has 1 aromatic carbocycles. The minimum absolute atomic E-state index is 0.195. The second-order valence-corrected chi connectivity index (χ2v) is 6.33. The molecule has 0 aliphatic carbocycles. The lowest BCUT2D eigenvalue weighted by Crippen LogP contribution is -2.45. The van der Waals surface area contributed by atoms with Crippen LogP contribution in [0.25, 0.3) is 0 Å². The fourth-order valence-electron chi connectivity index (χ4n) is 2.04. The molecule has 1 unspecified atom stereocenters. The van der Waals surface area contributed by atoms with E-state index in [0.717, 1.165) is 10.6 Å². The van der Waals surface area contributed by atoms with Gasteiger partial charge in [0.05, 0.1) is 25.2 Å². The first-order valence-corrected chi connectivity index (χ1v) is 9.02. The van der Waals surface area contributed by atoms with Gasteiger partial charge in [0.25, 0.3) is 0 Å². The first kappa shape index (κ1) is 18.9. The highest BCUT2D eigenvalue weighted by Gasteiger charge is 2.15. The molecule has 2 amide bonds. The maximum Gasteiger partial charge on any atom is 0.242 e. The standard InChI is InChI=1S/C18H22N2O4S/c1-3-23-14-6-8-16(9-7-14)25-12-17(21)20-13(2)18(22)19-11-15-5-4-10-24-15/h4-10,13H,3,11-12H2,1-2H3,(H,19,22)(H,20,21). The summed E-state index contributed by atoms with van der Waals surface area (Å²) < 4.78 is 10.5. The molecule has 0 bridgehead atoms. The molecule has 134 valence electrons. The van der Waals surface area contributed by atoms with Gasteiger partial charge in [-0.25, -0.2) is 0 Å². The molecule has 0 aliphatic heterocycles. The van der Waals surface area contributed by atoms with E-state index >= 15 is 0 Å². The summed E-state index contributed by atoms with van der Waals surface area (Å²) >= 11 is 1.41. The number of ether oxygens (including phenoxy) is 1. The number of thioether (sulfide) groups is 1. The Bertz CT molecular complexity index is 671. The summed E-state index contributed by atoms with van der Waals surface area (Å²) in [5, 5.41) is 5.40. The number of carbonyl (C=O) groups is 2. The Labute approximate surface area is 151 Å². The zero-order chi connectivity index (χ0) is 18.1. The Balaban J connectivity index is 1.70. The van der Waals surface area contributed by atoms with Crippen molar-refractivity contribution in [2.45, 2.75) is 31.3 Å². The van der Waals surface area contributed by atoms with Gasteiger partial charge in [0.2, 0.25) is 11.8 Å². The van der Waals surface area contributed by atoms with Crippen LogP contribution in [0.4, 0.5) is 0 Å². The largest absolute Gasteiger partial charge is 0.494 e. The van der Waals surface area contributed by atoms with Crippen LogP contribution < -0.4 is 15.4 Å². The minimum atomic E-state index is -0.608. The minimum Gasteiger partial charge on any atom is -0.494 e. The average Bonchev–Trinajstić information content (AvgIpc) is 3.13. The second-order valence-electron chi connectivity index (χ2n) is 5.28. The van der Waals surface area contributed by atoms with Gasteiger partial charge in [-0.1, -0.05) is 0 Å². The third-order valence-electron chi connectivity index (χ3n) is 3.29. The van der Waals surface area contributed by atoms with Crippen molar-refractivity contribution in [3.8, 4) is 5.75 Å². The Kier molecular flexibility index (Phi) is 7.40. The second kappa shape index (κ2) is 9.78. The molecule has 2 rings (SSSR count). The Morgan fingerprint density at radius 1 is 1.24 bits per heavy atom. The molecule has 0 aliphatic rings. The first-order valence-electron chi connectivity index (χ1n) is 8.03. The molecule has 7 heteroatoms. The van der Waals surface area contributed by atoms with Crippen molar-refractivity contribution in [2.24, 2.45) is 0 Å². The van der Waals surface area contributed by atoms with Crippen LogP contribution in [0.5, 0.6) is 5.75 Å². The molecule has 0 saturated heterocycles. The summed E-state index contributed by atoms with van der Waals surface area (Å²) in [5.41, 5.74) is 0. The SMILES string of the molecule is CCOc1ccc(SCC(=O)NC(C)C(=O)NCc2ccco2)cc1. The Morgan fingerprint density at radius 2 is 2.00 bits per heavy atom. The third kappa shape index (κ3) is 6.54. The smallest absolute Gasteiger partial charge is 0.242 e. The van der Waals surface area contributed by atoms with Crippen LogP contribution in [0.1, 0.15) is 19.6 Å². The lowest BCUT2D eigenvalue weighted by atomic mass is 10.3. The molecule has 0 spiro atoms. The van der Waals surface area contributed by atoms with Gasteiger partial charge in [0.1, 0.15) is 17.6 Å². The molecule has 1 atom stereocenters. The van der Waals surface area contributed by atoms with Gasteiger partial charge in [0, 0.05) is 4.90 Å². The summed E-state index contributed by atoms with van der Waals surface area (Å²) in [7, 11) is 0. The van der Waals surface area contributed by atoms with Crippen LogP contribution in [0, 0.1) is 0 Å². The predicted octanol–water partition coefficient (Wildman–Crippen LogP) is 2.59. The lowest BCUT2D eigenvalue weighted by Gasteiger charge is -2.13. The highest BCUT2D eigenvalue weighted by atomic mass is 32.2. The molecule has 0 radical (unpaired) electrons. The van der Waals surface area contributed by atoms with E-state index in [1.807, 2.05) is 31.2 Å². The summed E-state index contributed by atoms with van der Waals surface area (Å²) in [6, 6.07) is 10.5. The van der Waals surface area contributed by atoms with Crippen LogP contribution in [-0.4, -0.2) is 30.2 Å². The number of rotatable bonds is 9. The number of benzene rings is 1. The summed E-state index contributed by atoms with van der Waals surface area (Å²) in [5.74, 6) is 1.26. The number of amides is 2. The van der Waals surface area contributed by atoms with Gasteiger partial charge in [-0.3, -0.25) is 9.59 Å². The molecule has 0 saturated carbocycles. The molecule has 2 N–H and O–H groups in total. The van der Waals surface area contributed by atoms with Gasteiger partial charge < -0.3 is 19.8 Å². The number of carbonyl (C=O) groups excluding carboxylic acids is 2. The van der Waals surface area contributed by atoms with Crippen molar-refractivity contribution in [1.82, 2.24) is 10.6 Å². The van der Waals surface area contributed by atoms with Crippen molar-refractivity contribution in [2.75, 3.05) is 12.4 Å².